The van der Waals surface area contributed by atoms with Gasteiger partial charge >= 0.3 is 0 Å². The Morgan fingerprint density at radius 1 is 0.889 bits per heavy atom. The first-order chi connectivity index (χ1) is 12.0. The zero-order valence-electron chi connectivity index (χ0n) is 19.7. The first kappa shape index (κ1) is 24.6. The highest BCUT2D eigenvalue weighted by atomic mass is 28.4. The average Bonchev–Trinajstić information content (AvgIpc) is 2.46. The Bertz CT molecular complexity index is 532. The smallest absolute Gasteiger partial charge is 0.192 e. The van der Waals surface area contributed by atoms with E-state index in [-0.39, 0.29) is 22.3 Å². The minimum atomic E-state index is -1.87. The Labute approximate surface area is 171 Å². The largest absolute Gasteiger partial charge is 0.410 e. The summed E-state index contributed by atoms with van der Waals surface area (Å²) in [6.45, 7) is 31.4. The SMILES string of the molecule is C=CCC=C1C[C@H](O[Si](C)(C)C(C)(C)C)C(=C)[C@H](O[Si](C)(C)C(C)(C)C)C1. The summed E-state index contributed by atoms with van der Waals surface area (Å²) in [6, 6.07) is 0. The molecule has 27 heavy (non-hydrogen) atoms. The summed E-state index contributed by atoms with van der Waals surface area (Å²) in [7, 11) is -3.74. The molecule has 156 valence electrons. The van der Waals surface area contributed by atoms with Crippen molar-refractivity contribution in [1.82, 2.24) is 0 Å². The lowest BCUT2D eigenvalue weighted by molar-refractivity contribution is 0.132. The van der Waals surface area contributed by atoms with E-state index in [1.54, 1.807) is 0 Å². The molecule has 0 saturated heterocycles. The molecule has 2 atom stereocenters. The molecule has 1 aliphatic carbocycles. The zero-order chi connectivity index (χ0) is 21.3. The van der Waals surface area contributed by atoms with Crippen LogP contribution in [0.25, 0.3) is 0 Å². The van der Waals surface area contributed by atoms with Crippen molar-refractivity contribution >= 4 is 16.6 Å². The van der Waals surface area contributed by atoms with E-state index < -0.39 is 16.6 Å². The minimum Gasteiger partial charge on any atom is -0.410 e. The Kier molecular flexibility index (Phi) is 7.77. The minimum absolute atomic E-state index is 0.0606. The normalized spacial score (nSPS) is 24.4. The molecular formula is C23H44O2Si2. The Hall–Kier alpha value is -0.426. The van der Waals surface area contributed by atoms with Crippen LogP contribution in [0.3, 0.4) is 0 Å². The first-order valence-corrected chi connectivity index (χ1v) is 16.2. The first-order valence-electron chi connectivity index (χ1n) is 10.3. The van der Waals surface area contributed by atoms with E-state index in [0.29, 0.717) is 0 Å². The Morgan fingerprint density at radius 3 is 1.56 bits per heavy atom. The van der Waals surface area contributed by atoms with Crippen molar-refractivity contribution in [2.45, 2.75) is 109 Å². The molecule has 0 aromatic heterocycles. The van der Waals surface area contributed by atoms with Gasteiger partial charge in [-0.2, -0.15) is 0 Å². The van der Waals surface area contributed by atoms with Crippen molar-refractivity contribution in [3.05, 3.63) is 36.5 Å². The quantitative estimate of drug-likeness (QED) is 0.332. The third-order valence-corrected chi connectivity index (χ3v) is 15.8. The molecule has 1 saturated carbocycles. The molecule has 0 bridgehead atoms. The number of allylic oxidation sites excluding steroid dienone is 2. The fraction of sp³-hybridized carbons (Fsp3) is 0.739. The summed E-state index contributed by atoms with van der Waals surface area (Å²) >= 11 is 0. The maximum absolute atomic E-state index is 6.80. The van der Waals surface area contributed by atoms with Crippen LogP contribution in [0.1, 0.15) is 60.8 Å². The van der Waals surface area contributed by atoms with E-state index in [2.05, 4.69) is 87.0 Å². The van der Waals surface area contributed by atoms with Crippen molar-refractivity contribution in [2.24, 2.45) is 0 Å². The van der Waals surface area contributed by atoms with Gasteiger partial charge in [0.05, 0.1) is 12.2 Å². The van der Waals surface area contributed by atoms with Crippen molar-refractivity contribution in [3.63, 3.8) is 0 Å². The van der Waals surface area contributed by atoms with Crippen LogP contribution >= 0.6 is 0 Å². The van der Waals surface area contributed by atoms with E-state index in [1.165, 1.54) is 5.57 Å². The number of rotatable bonds is 6. The van der Waals surface area contributed by atoms with Gasteiger partial charge in [-0.25, -0.2) is 0 Å². The zero-order valence-corrected chi connectivity index (χ0v) is 21.7. The third kappa shape index (κ3) is 6.28. The van der Waals surface area contributed by atoms with Gasteiger partial charge in [-0.3, -0.25) is 0 Å². The Balaban J connectivity index is 3.14. The summed E-state index contributed by atoms with van der Waals surface area (Å²) in [5.41, 5.74) is 2.56. The van der Waals surface area contributed by atoms with Gasteiger partial charge in [0.15, 0.2) is 16.6 Å². The molecule has 0 radical (unpaired) electrons. The van der Waals surface area contributed by atoms with Crippen LogP contribution in [-0.4, -0.2) is 28.8 Å². The Morgan fingerprint density at radius 2 is 1.26 bits per heavy atom. The lowest BCUT2D eigenvalue weighted by Gasteiger charge is -2.46. The van der Waals surface area contributed by atoms with Crippen LogP contribution in [0, 0.1) is 0 Å². The fourth-order valence-corrected chi connectivity index (χ4v) is 5.34. The van der Waals surface area contributed by atoms with Gasteiger partial charge in [0.2, 0.25) is 0 Å². The van der Waals surface area contributed by atoms with E-state index in [0.717, 1.165) is 24.8 Å². The van der Waals surface area contributed by atoms with E-state index in [9.17, 15) is 0 Å². The average molecular weight is 409 g/mol. The second kappa shape index (κ2) is 8.52. The molecule has 0 spiro atoms. The molecule has 1 fully saturated rings. The van der Waals surface area contributed by atoms with Gasteiger partial charge in [0.1, 0.15) is 0 Å². The van der Waals surface area contributed by atoms with Crippen LogP contribution in [-0.2, 0) is 8.85 Å². The van der Waals surface area contributed by atoms with E-state index in [1.807, 2.05) is 6.08 Å². The molecule has 0 aromatic rings. The van der Waals surface area contributed by atoms with Gasteiger partial charge in [-0.05, 0) is 61.1 Å². The van der Waals surface area contributed by atoms with Crippen molar-refractivity contribution in [1.29, 1.82) is 0 Å². The maximum Gasteiger partial charge on any atom is 0.192 e. The topological polar surface area (TPSA) is 18.5 Å². The summed E-state index contributed by atoms with van der Waals surface area (Å²) in [4.78, 5) is 0. The molecule has 1 aliphatic rings. The standard InChI is InChI=1S/C23H44O2Si2/c1-13-14-15-19-16-20(24-26(9,10)22(3,4)5)18(2)21(17-19)25-27(11,12)23(6,7)8/h13,15,20-21H,1-2,14,16-17H2,3-12H3/t20-,21+. The lowest BCUT2D eigenvalue weighted by atomic mass is 9.86. The predicted octanol–water partition coefficient (Wildman–Crippen LogP) is 7.62. The van der Waals surface area contributed by atoms with Gasteiger partial charge < -0.3 is 8.85 Å². The summed E-state index contributed by atoms with van der Waals surface area (Å²) in [5.74, 6) is 0. The molecule has 0 aliphatic heterocycles. The molecular weight excluding hydrogens is 364 g/mol. The van der Waals surface area contributed by atoms with Crippen molar-refractivity contribution in [3.8, 4) is 0 Å². The number of hydrogen-bond acceptors (Lipinski definition) is 2. The molecule has 2 nitrogen and oxygen atoms in total. The highest BCUT2D eigenvalue weighted by molar-refractivity contribution is 6.74. The van der Waals surface area contributed by atoms with Gasteiger partial charge in [-0.15, -0.1) is 6.58 Å². The second-order valence-corrected chi connectivity index (χ2v) is 20.6. The number of hydrogen-bond donors (Lipinski definition) is 0. The predicted molar refractivity (Wildman–Crippen MR) is 125 cm³/mol. The van der Waals surface area contributed by atoms with Crippen LogP contribution in [0.4, 0.5) is 0 Å². The molecule has 1 rings (SSSR count). The van der Waals surface area contributed by atoms with Crippen molar-refractivity contribution < 1.29 is 8.85 Å². The highest BCUT2D eigenvalue weighted by Crippen LogP contribution is 2.44. The molecule has 0 aromatic carbocycles. The molecule has 0 amide bonds. The summed E-state index contributed by atoms with van der Waals surface area (Å²) in [5, 5.41) is 0.372. The maximum atomic E-state index is 6.80. The summed E-state index contributed by atoms with van der Waals surface area (Å²) in [6.07, 6.45) is 7.18. The van der Waals surface area contributed by atoms with Crippen LogP contribution in [0.15, 0.2) is 36.5 Å². The molecule has 0 N–H and O–H groups in total. The molecule has 0 unspecified atom stereocenters. The second-order valence-electron chi connectivity index (χ2n) is 11.1. The van der Waals surface area contributed by atoms with Gasteiger partial charge in [-0.1, -0.05) is 65.8 Å². The van der Waals surface area contributed by atoms with Crippen LogP contribution in [0.5, 0.6) is 0 Å². The molecule has 4 heteroatoms. The summed E-state index contributed by atoms with van der Waals surface area (Å²) < 4.78 is 13.6. The van der Waals surface area contributed by atoms with E-state index in [4.69, 9.17) is 8.85 Å². The van der Waals surface area contributed by atoms with Gasteiger partial charge in [0, 0.05) is 0 Å². The monoisotopic (exact) mass is 408 g/mol. The lowest BCUT2D eigenvalue weighted by Crippen LogP contribution is -2.49. The fourth-order valence-electron chi connectivity index (χ4n) is 2.75. The third-order valence-electron chi connectivity index (χ3n) is 6.78. The van der Waals surface area contributed by atoms with Crippen LogP contribution in [0.2, 0.25) is 36.3 Å². The highest BCUT2D eigenvalue weighted by Gasteiger charge is 2.44. The van der Waals surface area contributed by atoms with Crippen LogP contribution < -0.4 is 0 Å². The molecule has 0 heterocycles. The van der Waals surface area contributed by atoms with Crippen molar-refractivity contribution in [2.75, 3.05) is 0 Å². The van der Waals surface area contributed by atoms with Gasteiger partial charge in [0.25, 0.3) is 0 Å². The van der Waals surface area contributed by atoms with E-state index >= 15 is 0 Å².